The molecule has 1 rings (SSSR count). The Hall–Kier alpha value is -1.06. The van der Waals surface area contributed by atoms with E-state index in [1.807, 2.05) is 25.1 Å². The molecule has 0 fully saturated rings. The standard InChI is InChI=1S/C14H24N2O/c1-3-4-10-16(11-14(2,15)12-17)13-8-6-5-7-9-13/h5-9,17H,3-4,10-12,15H2,1-2H3. The average Bonchev–Trinajstić information content (AvgIpc) is 2.35. The Balaban J connectivity index is 2.74. The molecule has 0 aliphatic heterocycles. The van der Waals surface area contributed by atoms with E-state index in [1.54, 1.807) is 0 Å². The maximum Gasteiger partial charge on any atom is 0.0625 e. The van der Waals surface area contributed by atoms with Gasteiger partial charge in [-0.05, 0) is 25.5 Å². The van der Waals surface area contributed by atoms with Gasteiger partial charge >= 0.3 is 0 Å². The van der Waals surface area contributed by atoms with E-state index in [2.05, 4.69) is 24.0 Å². The molecule has 0 aromatic heterocycles. The molecule has 0 radical (unpaired) electrons. The summed E-state index contributed by atoms with van der Waals surface area (Å²) in [7, 11) is 0. The summed E-state index contributed by atoms with van der Waals surface area (Å²) >= 11 is 0. The number of rotatable bonds is 7. The molecule has 0 saturated carbocycles. The molecule has 0 aliphatic carbocycles. The number of benzene rings is 1. The van der Waals surface area contributed by atoms with Crippen LogP contribution in [0, 0.1) is 0 Å². The first-order valence-electron chi connectivity index (χ1n) is 6.29. The van der Waals surface area contributed by atoms with Gasteiger partial charge in [0.1, 0.15) is 0 Å². The fourth-order valence-corrected chi connectivity index (χ4v) is 1.77. The van der Waals surface area contributed by atoms with Crippen LogP contribution in [0.15, 0.2) is 30.3 Å². The Morgan fingerprint density at radius 2 is 1.94 bits per heavy atom. The molecule has 0 bridgehead atoms. The number of para-hydroxylation sites is 1. The molecule has 0 aliphatic rings. The number of anilines is 1. The van der Waals surface area contributed by atoms with E-state index >= 15 is 0 Å². The first kappa shape index (κ1) is 14.0. The largest absolute Gasteiger partial charge is 0.394 e. The van der Waals surface area contributed by atoms with Gasteiger partial charge in [-0.1, -0.05) is 31.5 Å². The van der Waals surface area contributed by atoms with Crippen molar-refractivity contribution in [2.24, 2.45) is 5.73 Å². The third kappa shape index (κ3) is 4.75. The molecule has 17 heavy (non-hydrogen) atoms. The van der Waals surface area contributed by atoms with Crippen LogP contribution in [-0.2, 0) is 0 Å². The van der Waals surface area contributed by atoms with Crippen LogP contribution in [0.1, 0.15) is 26.7 Å². The molecule has 3 nitrogen and oxygen atoms in total. The summed E-state index contributed by atoms with van der Waals surface area (Å²) in [6, 6.07) is 10.2. The smallest absolute Gasteiger partial charge is 0.0625 e. The summed E-state index contributed by atoms with van der Waals surface area (Å²) in [5, 5.41) is 9.26. The molecule has 0 saturated heterocycles. The number of unbranched alkanes of at least 4 members (excludes halogenated alkanes) is 1. The van der Waals surface area contributed by atoms with Gasteiger partial charge in [0.05, 0.1) is 12.1 Å². The molecule has 0 heterocycles. The van der Waals surface area contributed by atoms with Crippen molar-refractivity contribution < 1.29 is 5.11 Å². The second kappa shape index (κ2) is 6.62. The maximum absolute atomic E-state index is 9.26. The predicted molar refractivity (Wildman–Crippen MR) is 73.2 cm³/mol. The van der Waals surface area contributed by atoms with Gasteiger partial charge in [0.25, 0.3) is 0 Å². The van der Waals surface area contributed by atoms with Crippen LogP contribution in [0.5, 0.6) is 0 Å². The molecule has 1 aromatic carbocycles. The van der Waals surface area contributed by atoms with Crippen molar-refractivity contribution >= 4 is 5.69 Å². The number of nitrogens with two attached hydrogens (primary N) is 1. The van der Waals surface area contributed by atoms with Crippen LogP contribution in [0.4, 0.5) is 5.69 Å². The van der Waals surface area contributed by atoms with E-state index < -0.39 is 5.54 Å². The zero-order valence-electron chi connectivity index (χ0n) is 10.9. The van der Waals surface area contributed by atoms with Gasteiger partial charge in [0, 0.05) is 18.8 Å². The normalized spacial score (nSPS) is 14.4. The van der Waals surface area contributed by atoms with Crippen molar-refractivity contribution in [2.45, 2.75) is 32.2 Å². The molecule has 1 atom stereocenters. The zero-order chi connectivity index (χ0) is 12.7. The summed E-state index contributed by atoms with van der Waals surface area (Å²) in [5.74, 6) is 0. The third-order valence-electron chi connectivity index (χ3n) is 2.82. The first-order valence-corrected chi connectivity index (χ1v) is 6.29. The lowest BCUT2D eigenvalue weighted by Crippen LogP contribution is -2.51. The van der Waals surface area contributed by atoms with Gasteiger partial charge in [-0.15, -0.1) is 0 Å². The van der Waals surface area contributed by atoms with Crippen molar-refractivity contribution in [2.75, 3.05) is 24.6 Å². The van der Waals surface area contributed by atoms with E-state index in [-0.39, 0.29) is 6.61 Å². The summed E-state index contributed by atoms with van der Waals surface area (Å²) in [4.78, 5) is 2.25. The Labute approximate surface area is 104 Å². The molecule has 1 aromatic rings. The Morgan fingerprint density at radius 1 is 1.29 bits per heavy atom. The fraction of sp³-hybridized carbons (Fsp3) is 0.571. The van der Waals surface area contributed by atoms with E-state index in [4.69, 9.17) is 5.73 Å². The van der Waals surface area contributed by atoms with Crippen LogP contribution in [0.3, 0.4) is 0 Å². The van der Waals surface area contributed by atoms with Gasteiger partial charge in [0.15, 0.2) is 0 Å². The van der Waals surface area contributed by atoms with Gasteiger partial charge in [-0.3, -0.25) is 0 Å². The fourth-order valence-electron chi connectivity index (χ4n) is 1.77. The monoisotopic (exact) mass is 236 g/mol. The lowest BCUT2D eigenvalue weighted by atomic mass is 10.0. The highest BCUT2D eigenvalue weighted by molar-refractivity contribution is 5.46. The molecule has 0 amide bonds. The van der Waals surface area contributed by atoms with Crippen molar-refractivity contribution in [3.8, 4) is 0 Å². The van der Waals surface area contributed by atoms with Crippen LogP contribution in [0.25, 0.3) is 0 Å². The Bertz CT molecular complexity index is 311. The summed E-state index contributed by atoms with van der Waals surface area (Å²) in [6.45, 7) is 5.72. The second-order valence-electron chi connectivity index (χ2n) is 4.92. The van der Waals surface area contributed by atoms with Crippen molar-refractivity contribution in [3.63, 3.8) is 0 Å². The predicted octanol–water partition coefficient (Wildman–Crippen LogP) is 2.00. The van der Waals surface area contributed by atoms with E-state index in [0.717, 1.165) is 19.4 Å². The number of aliphatic hydroxyl groups is 1. The van der Waals surface area contributed by atoms with Crippen LogP contribution in [-0.4, -0.2) is 30.3 Å². The minimum absolute atomic E-state index is 0.00244. The molecular weight excluding hydrogens is 212 g/mol. The summed E-state index contributed by atoms with van der Waals surface area (Å²) in [5.41, 5.74) is 6.65. The number of hydrogen-bond donors (Lipinski definition) is 2. The van der Waals surface area contributed by atoms with Crippen LogP contribution < -0.4 is 10.6 Å². The van der Waals surface area contributed by atoms with Gasteiger partial charge in [-0.25, -0.2) is 0 Å². The minimum atomic E-state index is -0.552. The first-order chi connectivity index (χ1) is 8.09. The highest BCUT2D eigenvalue weighted by atomic mass is 16.3. The van der Waals surface area contributed by atoms with Crippen LogP contribution >= 0.6 is 0 Å². The molecule has 3 heteroatoms. The van der Waals surface area contributed by atoms with Gasteiger partial charge < -0.3 is 15.7 Å². The van der Waals surface area contributed by atoms with Gasteiger partial charge in [0.2, 0.25) is 0 Å². The lowest BCUT2D eigenvalue weighted by Gasteiger charge is -2.33. The average molecular weight is 236 g/mol. The highest BCUT2D eigenvalue weighted by Crippen LogP contribution is 2.16. The molecular formula is C14H24N2O. The van der Waals surface area contributed by atoms with Crippen molar-refractivity contribution in [1.82, 2.24) is 0 Å². The van der Waals surface area contributed by atoms with E-state index in [0.29, 0.717) is 6.54 Å². The number of aliphatic hydroxyl groups excluding tert-OH is 1. The summed E-state index contributed by atoms with van der Waals surface area (Å²) < 4.78 is 0. The topological polar surface area (TPSA) is 49.5 Å². The van der Waals surface area contributed by atoms with E-state index in [9.17, 15) is 5.11 Å². The lowest BCUT2D eigenvalue weighted by molar-refractivity contribution is 0.211. The SMILES string of the molecule is CCCCN(CC(C)(N)CO)c1ccccc1. The molecule has 3 N–H and O–H groups in total. The van der Waals surface area contributed by atoms with Crippen LogP contribution in [0.2, 0.25) is 0 Å². The second-order valence-corrected chi connectivity index (χ2v) is 4.92. The van der Waals surface area contributed by atoms with Gasteiger partial charge in [-0.2, -0.15) is 0 Å². The zero-order valence-corrected chi connectivity index (χ0v) is 10.9. The number of nitrogens with zero attached hydrogens (tertiary/aromatic N) is 1. The highest BCUT2D eigenvalue weighted by Gasteiger charge is 2.21. The molecule has 0 spiro atoms. The quantitative estimate of drug-likeness (QED) is 0.761. The number of hydrogen-bond acceptors (Lipinski definition) is 3. The van der Waals surface area contributed by atoms with Crippen molar-refractivity contribution in [1.29, 1.82) is 0 Å². The Kier molecular flexibility index (Phi) is 5.45. The van der Waals surface area contributed by atoms with E-state index in [1.165, 1.54) is 5.69 Å². The minimum Gasteiger partial charge on any atom is -0.394 e. The Morgan fingerprint density at radius 3 is 2.47 bits per heavy atom. The summed E-state index contributed by atoms with van der Waals surface area (Å²) in [6.07, 6.45) is 2.29. The molecule has 96 valence electrons. The maximum atomic E-state index is 9.26. The third-order valence-corrected chi connectivity index (χ3v) is 2.82. The van der Waals surface area contributed by atoms with Crippen molar-refractivity contribution in [3.05, 3.63) is 30.3 Å². The molecule has 1 unspecified atom stereocenters.